The molecule has 5 heteroatoms. The Bertz CT molecular complexity index is 689. The summed E-state index contributed by atoms with van der Waals surface area (Å²) in [4.78, 5) is 0. The molecule has 0 bridgehead atoms. The number of aromatic nitrogens is 2. The summed E-state index contributed by atoms with van der Waals surface area (Å²) in [6.45, 7) is 6.59. The van der Waals surface area contributed by atoms with E-state index in [2.05, 4.69) is 15.5 Å². The number of halogens is 1. The lowest BCUT2D eigenvalue weighted by molar-refractivity contribution is 0.627. The van der Waals surface area contributed by atoms with Gasteiger partial charge < -0.3 is 5.32 Å². The standard InChI is InChI=1S/C15H15FN4/c1-4-18-15-10(3)9(2)14(19-20-15)12-5-11(8-17)6-13(16)7-12/h5-7H,4H2,1-3H3,(H,18,20). The zero-order valence-electron chi connectivity index (χ0n) is 11.7. The molecule has 0 saturated heterocycles. The zero-order valence-corrected chi connectivity index (χ0v) is 11.7. The van der Waals surface area contributed by atoms with Crippen molar-refractivity contribution < 1.29 is 4.39 Å². The van der Waals surface area contributed by atoms with E-state index in [1.807, 2.05) is 26.8 Å². The number of anilines is 1. The maximum atomic E-state index is 13.5. The molecule has 0 unspecified atom stereocenters. The molecule has 0 spiro atoms. The van der Waals surface area contributed by atoms with Gasteiger partial charge in [-0.3, -0.25) is 0 Å². The van der Waals surface area contributed by atoms with Crippen molar-refractivity contribution in [3.63, 3.8) is 0 Å². The Morgan fingerprint density at radius 2 is 1.95 bits per heavy atom. The van der Waals surface area contributed by atoms with Crippen molar-refractivity contribution in [2.75, 3.05) is 11.9 Å². The van der Waals surface area contributed by atoms with Gasteiger partial charge in [0.2, 0.25) is 0 Å². The maximum absolute atomic E-state index is 13.5. The van der Waals surface area contributed by atoms with Gasteiger partial charge in [-0.25, -0.2) is 4.39 Å². The van der Waals surface area contributed by atoms with E-state index < -0.39 is 5.82 Å². The van der Waals surface area contributed by atoms with Crippen molar-refractivity contribution in [1.29, 1.82) is 5.26 Å². The molecule has 2 rings (SSSR count). The van der Waals surface area contributed by atoms with Gasteiger partial charge in [0.05, 0.1) is 17.3 Å². The van der Waals surface area contributed by atoms with E-state index in [9.17, 15) is 4.39 Å². The highest BCUT2D eigenvalue weighted by molar-refractivity contribution is 5.67. The van der Waals surface area contributed by atoms with E-state index in [-0.39, 0.29) is 5.56 Å². The third-order valence-electron chi connectivity index (χ3n) is 3.17. The van der Waals surface area contributed by atoms with Crippen LogP contribution in [-0.2, 0) is 0 Å². The Hall–Kier alpha value is -2.48. The van der Waals surface area contributed by atoms with Gasteiger partial charge in [0.15, 0.2) is 5.82 Å². The summed E-state index contributed by atoms with van der Waals surface area (Å²) >= 11 is 0. The molecule has 2 aromatic rings. The van der Waals surface area contributed by atoms with Crippen molar-refractivity contribution >= 4 is 5.82 Å². The van der Waals surface area contributed by atoms with Crippen LogP contribution in [0.5, 0.6) is 0 Å². The molecule has 0 aliphatic rings. The Kier molecular flexibility index (Phi) is 3.94. The fourth-order valence-electron chi connectivity index (χ4n) is 2.01. The van der Waals surface area contributed by atoms with Crippen LogP contribution in [0.25, 0.3) is 11.3 Å². The predicted octanol–water partition coefficient (Wildman–Crippen LogP) is 3.20. The Morgan fingerprint density at radius 1 is 1.20 bits per heavy atom. The maximum Gasteiger partial charge on any atom is 0.151 e. The van der Waals surface area contributed by atoms with Crippen molar-refractivity contribution in [1.82, 2.24) is 10.2 Å². The molecule has 4 nitrogen and oxygen atoms in total. The molecule has 0 amide bonds. The monoisotopic (exact) mass is 270 g/mol. The summed E-state index contributed by atoms with van der Waals surface area (Å²) in [6, 6.07) is 6.13. The minimum atomic E-state index is -0.450. The molecule has 0 aliphatic heterocycles. The van der Waals surface area contributed by atoms with E-state index >= 15 is 0 Å². The molecular formula is C15H15FN4. The highest BCUT2D eigenvalue weighted by Gasteiger charge is 2.12. The summed E-state index contributed by atoms with van der Waals surface area (Å²) in [7, 11) is 0. The fourth-order valence-corrected chi connectivity index (χ4v) is 2.01. The lowest BCUT2D eigenvalue weighted by atomic mass is 10.0. The topological polar surface area (TPSA) is 61.6 Å². The van der Waals surface area contributed by atoms with Gasteiger partial charge in [0.25, 0.3) is 0 Å². The molecule has 1 N–H and O–H groups in total. The van der Waals surface area contributed by atoms with Gasteiger partial charge in [-0.05, 0) is 50.1 Å². The molecule has 0 atom stereocenters. The lowest BCUT2D eigenvalue weighted by Crippen LogP contribution is -2.06. The van der Waals surface area contributed by atoms with Crippen molar-refractivity contribution in [2.45, 2.75) is 20.8 Å². The number of hydrogen-bond acceptors (Lipinski definition) is 4. The van der Waals surface area contributed by atoms with Crippen molar-refractivity contribution in [2.24, 2.45) is 0 Å². The molecule has 0 fully saturated rings. The summed E-state index contributed by atoms with van der Waals surface area (Å²) in [5.74, 6) is 0.277. The van der Waals surface area contributed by atoms with Gasteiger partial charge in [-0.2, -0.15) is 5.26 Å². The molecule has 1 aromatic heterocycles. The average Bonchev–Trinajstić information content (AvgIpc) is 2.43. The Labute approximate surface area is 117 Å². The highest BCUT2D eigenvalue weighted by atomic mass is 19.1. The molecule has 0 radical (unpaired) electrons. The number of rotatable bonds is 3. The Morgan fingerprint density at radius 3 is 2.60 bits per heavy atom. The highest BCUT2D eigenvalue weighted by Crippen LogP contribution is 2.27. The summed E-state index contributed by atoms with van der Waals surface area (Å²) in [5.41, 5.74) is 3.33. The van der Waals surface area contributed by atoms with Crippen LogP contribution in [0.15, 0.2) is 18.2 Å². The first-order chi connectivity index (χ1) is 9.56. The van der Waals surface area contributed by atoms with Crippen molar-refractivity contribution in [3.05, 3.63) is 40.7 Å². The van der Waals surface area contributed by atoms with E-state index in [1.54, 1.807) is 6.07 Å². The second-order valence-corrected chi connectivity index (χ2v) is 4.52. The normalized spacial score (nSPS) is 10.2. The van der Waals surface area contributed by atoms with Gasteiger partial charge in [-0.15, -0.1) is 10.2 Å². The first-order valence-corrected chi connectivity index (χ1v) is 6.35. The second kappa shape index (κ2) is 5.66. The lowest BCUT2D eigenvalue weighted by Gasteiger charge is -2.12. The Balaban J connectivity index is 2.57. The van der Waals surface area contributed by atoms with E-state index in [4.69, 9.17) is 5.26 Å². The number of nitrogens with one attached hydrogen (secondary N) is 1. The van der Waals surface area contributed by atoms with Gasteiger partial charge in [0, 0.05) is 12.1 Å². The van der Waals surface area contributed by atoms with Crippen LogP contribution in [0.4, 0.5) is 10.2 Å². The third kappa shape index (κ3) is 2.59. The predicted molar refractivity (Wildman–Crippen MR) is 75.8 cm³/mol. The fraction of sp³-hybridized carbons (Fsp3) is 0.267. The number of benzene rings is 1. The summed E-state index contributed by atoms with van der Waals surface area (Å²) < 4.78 is 13.5. The van der Waals surface area contributed by atoms with Gasteiger partial charge in [-0.1, -0.05) is 0 Å². The number of nitriles is 1. The molecule has 1 heterocycles. The van der Waals surface area contributed by atoms with Crippen LogP contribution in [0.3, 0.4) is 0 Å². The second-order valence-electron chi connectivity index (χ2n) is 4.52. The average molecular weight is 270 g/mol. The van der Waals surface area contributed by atoms with Crippen molar-refractivity contribution in [3.8, 4) is 17.3 Å². The SMILES string of the molecule is CCNc1nnc(-c2cc(F)cc(C#N)c2)c(C)c1C. The van der Waals surface area contributed by atoms with Crippen LogP contribution in [0.1, 0.15) is 23.6 Å². The molecule has 20 heavy (non-hydrogen) atoms. The quantitative estimate of drug-likeness (QED) is 0.930. The van der Waals surface area contributed by atoms with E-state index in [0.717, 1.165) is 23.5 Å². The van der Waals surface area contributed by atoms with Gasteiger partial charge >= 0.3 is 0 Å². The smallest absolute Gasteiger partial charge is 0.151 e. The first kappa shape index (κ1) is 13.9. The van der Waals surface area contributed by atoms with Gasteiger partial charge in [0.1, 0.15) is 5.82 Å². The van der Waals surface area contributed by atoms with E-state index in [0.29, 0.717) is 11.3 Å². The largest absolute Gasteiger partial charge is 0.369 e. The third-order valence-corrected chi connectivity index (χ3v) is 3.17. The summed E-state index contributed by atoms with van der Waals surface area (Å²) in [6.07, 6.45) is 0. The van der Waals surface area contributed by atoms with Crippen LogP contribution >= 0.6 is 0 Å². The summed E-state index contributed by atoms with van der Waals surface area (Å²) in [5, 5.41) is 20.3. The molecule has 1 aromatic carbocycles. The zero-order chi connectivity index (χ0) is 14.7. The minimum Gasteiger partial charge on any atom is -0.369 e. The van der Waals surface area contributed by atoms with Crippen LogP contribution in [-0.4, -0.2) is 16.7 Å². The number of hydrogen-bond donors (Lipinski definition) is 1. The molecular weight excluding hydrogens is 255 g/mol. The molecule has 0 saturated carbocycles. The van der Waals surface area contributed by atoms with Crippen LogP contribution in [0.2, 0.25) is 0 Å². The number of nitrogens with zero attached hydrogens (tertiary/aromatic N) is 3. The molecule has 102 valence electrons. The first-order valence-electron chi connectivity index (χ1n) is 6.35. The molecule has 0 aliphatic carbocycles. The van der Waals surface area contributed by atoms with Crippen LogP contribution in [0, 0.1) is 31.0 Å². The van der Waals surface area contributed by atoms with Crippen LogP contribution < -0.4 is 5.32 Å². The van der Waals surface area contributed by atoms with E-state index in [1.165, 1.54) is 12.1 Å². The minimum absolute atomic E-state index is 0.273.